The maximum absolute atomic E-state index is 12.0. The third-order valence-electron chi connectivity index (χ3n) is 4.56. The summed E-state index contributed by atoms with van der Waals surface area (Å²) in [5.41, 5.74) is -0.440. The van der Waals surface area contributed by atoms with E-state index in [2.05, 4.69) is 0 Å². The lowest BCUT2D eigenvalue weighted by Gasteiger charge is -2.39. The van der Waals surface area contributed by atoms with Gasteiger partial charge in [-0.15, -0.1) is 0 Å². The molecule has 1 heterocycles. The normalized spacial score (nSPS) is 21.3. The van der Waals surface area contributed by atoms with Crippen molar-refractivity contribution >= 4 is 11.9 Å². The van der Waals surface area contributed by atoms with Gasteiger partial charge in [-0.1, -0.05) is 0 Å². The summed E-state index contributed by atoms with van der Waals surface area (Å²) in [7, 11) is 0. The summed E-state index contributed by atoms with van der Waals surface area (Å²) >= 11 is 0. The van der Waals surface area contributed by atoms with Crippen LogP contribution in [0.15, 0.2) is 0 Å². The van der Waals surface area contributed by atoms with Crippen LogP contribution in [-0.2, 0) is 14.3 Å². The fraction of sp³-hybridized carbons (Fsp3) is 0.867. The Balaban J connectivity index is 1.87. The minimum Gasteiger partial charge on any atom is -0.466 e. The van der Waals surface area contributed by atoms with Crippen LogP contribution >= 0.6 is 0 Å². The minimum atomic E-state index is -0.440. The largest absolute Gasteiger partial charge is 0.466 e. The van der Waals surface area contributed by atoms with E-state index >= 15 is 0 Å². The molecule has 1 aliphatic heterocycles. The molecule has 4 nitrogen and oxygen atoms in total. The summed E-state index contributed by atoms with van der Waals surface area (Å²) < 4.78 is 5.16. The number of likely N-dealkylation sites (tertiary alicyclic amines) is 1. The summed E-state index contributed by atoms with van der Waals surface area (Å²) in [5.74, 6) is 0.832. The predicted molar refractivity (Wildman–Crippen MR) is 72.4 cm³/mol. The van der Waals surface area contributed by atoms with Gasteiger partial charge in [-0.2, -0.15) is 0 Å². The first-order valence-electron chi connectivity index (χ1n) is 7.42. The number of hydrogen-bond acceptors (Lipinski definition) is 3. The molecule has 0 unspecified atom stereocenters. The second-order valence-electron chi connectivity index (χ2n) is 6.32. The average Bonchev–Trinajstić information content (AvgIpc) is 3.22. The molecular formula is C15H25NO3. The van der Waals surface area contributed by atoms with E-state index in [1.165, 1.54) is 0 Å². The van der Waals surface area contributed by atoms with Gasteiger partial charge in [0, 0.05) is 19.0 Å². The summed E-state index contributed by atoms with van der Waals surface area (Å²) in [4.78, 5) is 26.0. The van der Waals surface area contributed by atoms with Gasteiger partial charge in [-0.25, -0.2) is 0 Å². The van der Waals surface area contributed by atoms with Gasteiger partial charge >= 0.3 is 5.97 Å². The first-order chi connectivity index (χ1) is 8.96. The number of carbonyl (C=O) groups excluding carboxylic acids is 2. The van der Waals surface area contributed by atoms with Crippen LogP contribution in [0.3, 0.4) is 0 Å². The van der Waals surface area contributed by atoms with Crippen molar-refractivity contribution in [2.75, 3.05) is 19.7 Å². The van der Waals surface area contributed by atoms with E-state index in [9.17, 15) is 9.59 Å². The number of esters is 1. The fourth-order valence-electron chi connectivity index (χ4n) is 2.89. The smallest absolute Gasteiger partial charge is 0.311 e. The highest BCUT2D eigenvalue weighted by Crippen LogP contribution is 2.38. The van der Waals surface area contributed by atoms with E-state index in [0.717, 1.165) is 38.8 Å². The molecule has 108 valence electrons. The molecule has 0 bridgehead atoms. The zero-order valence-corrected chi connectivity index (χ0v) is 12.3. The van der Waals surface area contributed by atoms with Crippen molar-refractivity contribution in [1.29, 1.82) is 0 Å². The van der Waals surface area contributed by atoms with Crippen LogP contribution in [0.2, 0.25) is 0 Å². The van der Waals surface area contributed by atoms with E-state index in [-0.39, 0.29) is 5.97 Å². The van der Waals surface area contributed by atoms with Crippen LogP contribution in [0.4, 0.5) is 0 Å². The van der Waals surface area contributed by atoms with Gasteiger partial charge in [-0.3, -0.25) is 9.59 Å². The van der Waals surface area contributed by atoms with Crippen LogP contribution in [0.25, 0.3) is 0 Å². The van der Waals surface area contributed by atoms with Gasteiger partial charge in [0.1, 0.15) is 0 Å². The van der Waals surface area contributed by atoms with E-state index in [1.54, 1.807) is 0 Å². The molecule has 0 N–H and O–H groups in total. The standard InChI is InChI=1S/C15H25NO3/c1-4-19-14(18)15(2,3)12-7-9-16(10-8-12)13(17)11-5-6-11/h11-12H,4-10H2,1-3H3. The number of rotatable bonds is 4. The van der Waals surface area contributed by atoms with Crippen molar-refractivity contribution in [2.45, 2.75) is 46.5 Å². The number of piperidine rings is 1. The van der Waals surface area contributed by atoms with Gasteiger partial charge in [0.2, 0.25) is 5.91 Å². The number of nitrogens with zero attached hydrogens (tertiary/aromatic N) is 1. The summed E-state index contributed by atoms with van der Waals surface area (Å²) in [6.45, 7) is 7.79. The Bertz CT molecular complexity index is 352. The Morgan fingerprint density at radius 3 is 2.21 bits per heavy atom. The molecular weight excluding hydrogens is 242 g/mol. The SMILES string of the molecule is CCOC(=O)C(C)(C)C1CCN(C(=O)C2CC2)CC1. The number of carbonyl (C=O) groups is 2. The van der Waals surface area contributed by atoms with Crippen LogP contribution in [0, 0.1) is 17.3 Å². The molecule has 0 aromatic carbocycles. The molecule has 1 saturated heterocycles. The molecule has 0 atom stereocenters. The van der Waals surface area contributed by atoms with Crippen LogP contribution in [0.1, 0.15) is 46.5 Å². The lowest BCUT2D eigenvalue weighted by atomic mass is 9.73. The zero-order chi connectivity index (χ0) is 14.0. The van der Waals surface area contributed by atoms with E-state index in [1.807, 2.05) is 25.7 Å². The Morgan fingerprint density at radius 2 is 1.74 bits per heavy atom. The Labute approximate surface area is 115 Å². The highest BCUT2D eigenvalue weighted by molar-refractivity contribution is 5.81. The van der Waals surface area contributed by atoms with Gasteiger partial charge in [0.25, 0.3) is 0 Å². The maximum atomic E-state index is 12.0. The van der Waals surface area contributed by atoms with E-state index in [0.29, 0.717) is 24.3 Å². The lowest BCUT2D eigenvalue weighted by Crippen LogP contribution is -2.45. The third-order valence-corrected chi connectivity index (χ3v) is 4.56. The van der Waals surface area contributed by atoms with Crippen LogP contribution in [0.5, 0.6) is 0 Å². The average molecular weight is 267 g/mol. The Hall–Kier alpha value is -1.06. The van der Waals surface area contributed by atoms with Crippen molar-refractivity contribution < 1.29 is 14.3 Å². The van der Waals surface area contributed by atoms with Gasteiger partial charge < -0.3 is 9.64 Å². The molecule has 1 saturated carbocycles. The number of amides is 1. The van der Waals surface area contributed by atoms with E-state index < -0.39 is 5.41 Å². The second-order valence-corrected chi connectivity index (χ2v) is 6.32. The molecule has 2 aliphatic rings. The molecule has 0 radical (unpaired) electrons. The molecule has 2 rings (SSSR count). The van der Waals surface area contributed by atoms with Crippen LogP contribution in [-0.4, -0.2) is 36.5 Å². The molecule has 4 heteroatoms. The fourth-order valence-corrected chi connectivity index (χ4v) is 2.89. The van der Waals surface area contributed by atoms with Crippen LogP contribution < -0.4 is 0 Å². The summed E-state index contributed by atoms with van der Waals surface area (Å²) in [6, 6.07) is 0. The summed E-state index contributed by atoms with van der Waals surface area (Å²) in [5, 5.41) is 0. The van der Waals surface area contributed by atoms with E-state index in [4.69, 9.17) is 4.74 Å². The predicted octanol–water partition coefficient (Wildman–Crippen LogP) is 2.22. The monoisotopic (exact) mass is 267 g/mol. The molecule has 1 amide bonds. The molecule has 1 aliphatic carbocycles. The zero-order valence-electron chi connectivity index (χ0n) is 12.3. The molecule has 19 heavy (non-hydrogen) atoms. The minimum absolute atomic E-state index is 0.109. The first-order valence-corrected chi connectivity index (χ1v) is 7.42. The Kier molecular flexibility index (Phi) is 4.16. The molecule has 0 spiro atoms. The molecule has 2 fully saturated rings. The van der Waals surface area contributed by atoms with Crippen molar-refractivity contribution in [3.8, 4) is 0 Å². The van der Waals surface area contributed by atoms with Gasteiger partial charge in [0.15, 0.2) is 0 Å². The third kappa shape index (κ3) is 3.10. The molecule has 0 aromatic rings. The second kappa shape index (κ2) is 5.51. The lowest BCUT2D eigenvalue weighted by molar-refractivity contribution is -0.158. The molecule has 0 aromatic heterocycles. The first kappa shape index (κ1) is 14.4. The quantitative estimate of drug-likeness (QED) is 0.734. The number of ether oxygens (including phenoxy) is 1. The van der Waals surface area contributed by atoms with Gasteiger partial charge in [-0.05, 0) is 52.4 Å². The topological polar surface area (TPSA) is 46.6 Å². The van der Waals surface area contributed by atoms with Crippen molar-refractivity contribution in [2.24, 2.45) is 17.3 Å². The number of hydrogen-bond donors (Lipinski definition) is 0. The van der Waals surface area contributed by atoms with Crippen molar-refractivity contribution in [3.63, 3.8) is 0 Å². The van der Waals surface area contributed by atoms with Crippen molar-refractivity contribution in [3.05, 3.63) is 0 Å². The summed E-state index contributed by atoms with van der Waals surface area (Å²) in [6.07, 6.45) is 3.94. The highest BCUT2D eigenvalue weighted by Gasteiger charge is 2.41. The van der Waals surface area contributed by atoms with Crippen molar-refractivity contribution in [1.82, 2.24) is 4.90 Å². The van der Waals surface area contributed by atoms with Gasteiger partial charge in [0.05, 0.1) is 12.0 Å². The maximum Gasteiger partial charge on any atom is 0.311 e. The highest BCUT2D eigenvalue weighted by atomic mass is 16.5. The Morgan fingerprint density at radius 1 is 1.16 bits per heavy atom.